The zero-order chi connectivity index (χ0) is 14.9. The first kappa shape index (κ1) is 15.4. The number of hydrogen-bond acceptors (Lipinski definition) is 5. The van der Waals surface area contributed by atoms with Gasteiger partial charge in [0.25, 0.3) is 0 Å². The fourth-order valence-electron chi connectivity index (χ4n) is 2.38. The predicted octanol–water partition coefficient (Wildman–Crippen LogP) is 1.60. The summed E-state index contributed by atoms with van der Waals surface area (Å²) in [6.07, 6.45) is 2.28. The van der Waals surface area contributed by atoms with E-state index < -0.39 is 16.0 Å². The Hall–Kier alpha value is -0.960. The monoisotopic (exact) mass is 319 g/mol. The predicted molar refractivity (Wildman–Crippen MR) is 74.8 cm³/mol. The highest BCUT2D eigenvalue weighted by Gasteiger charge is 2.30. The number of carboxylic acids is 1. The minimum absolute atomic E-state index is 0.0315. The first-order chi connectivity index (χ1) is 9.33. The summed E-state index contributed by atoms with van der Waals surface area (Å²) in [5, 5.41) is 8.92. The van der Waals surface area contributed by atoms with E-state index in [2.05, 4.69) is 4.72 Å². The van der Waals surface area contributed by atoms with Gasteiger partial charge in [-0.05, 0) is 32.3 Å². The normalized spacial score (nSPS) is 23.1. The molecule has 0 amide bonds. The maximum absolute atomic E-state index is 12.3. The molecule has 8 heteroatoms. The van der Waals surface area contributed by atoms with E-state index in [1.165, 1.54) is 6.07 Å². The molecule has 2 atom stereocenters. The Morgan fingerprint density at radius 3 is 2.70 bits per heavy atom. The molecular formula is C12H17NO5S2. The number of aryl methyl sites for hydroxylation is 1. The molecule has 2 unspecified atom stereocenters. The van der Waals surface area contributed by atoms with Crippen LogP contribution in [0.25, 0.3) is 0 Å². The van der Waals surface area contributed by atoms with Crippen LogP contribution in [0.15, 0.2) is 11.0 Å². The summed E-state index contributed by atoms with van der Waals surface area (Å²) in [4.78, 5) is 11.5. The van der Waals surface area contributed by atoms with E-state index in [1.54, 1.807) is 14.0 Å². The Morgan fingerprint density at radius 2 is 2.20 bits per heavy atom. The molecule has 0 aromatic carbocycles. The van der Waals surface area contributed by atoms with Crippen molar-refractivity contribution in [3.8, 4) is 0 Å². The average Bonchev–Trinajstić information content (AvgIpc) is 2.95. The quantitative estimate of drug-likeness (QED) is 0.860. The molecule has 2 rings (SSSR count). The van der Waals surface area contributed by atoms with Crippen molar-refractivity contribution >= 4 is 27.3 Å². The molecule has 0 spiro atoms. The van der Waals surface area contributed by atoms with Gasteiger partial charge in [0.05, 0.1) is 11.0 Å². The van der Waals surface area contributed by atoms with Crippen LogP contribution in [0.2, 0.25) is 0 Å². The lowest BCUT2D eigenvalue weighted by atomic mass is 10.3. The van der Waals surface area contributed by atoms with Crippen LogP contribution in [-0.2, 0) is 14.8 Å². The Balaban J connectivity index is 2.17. The number of sulfonamides is 1. The van der Waals surface area contributed by atoms with Crippen molar-refractivity contribution in [2.45, 2.75) is 43.2 Å². The van der Waals surface area contributed by atoms with E-state index in [9.17, 15) is 13.2 Å². The van der Waals surface area contributed by atoms with Crippen LogP contribution in [0, 0.1) is 6.92 Å². The average molecular weight is 319 g/mol. The number of aromatic carboxylic acids is 1. The third kappa shape index (κ3) is 3.20. The highest BCUT2D eigenvalue weighted by atomic mass is 32.2. The van der Waals surface area contributed by atoms with Gasteiger partial charge in [-0.25, -0.2) is 17.9 Å². The number of rotatable bonds is 5. The van der Waals surface area contributed by atoms with Gasteiger partial charge in [-0.1, -0.05) is 0 Å². The van der Waals surface area contributed by atoms with Gasteiger partial charge in [-0.3, -0.25) is 0 Å². The summed E-state index contributed by atoms with van der Waals surface area (Å²) >= 11 is 0.969. The van der Waals surface area contributed by atoms with Crippen molar-refractivity contribution in [3.63, 3.8) is 0 Å². The second-order valence-corrected chi connectivity index (χ2v) is 7.76. The van der Waals surface area contributed by atoms with Gasteiger partial charge in [-0.15, -0.1) is 11.3 Å². The Kier molecular flexibility index (Phi) is 4.48. The molecule has 1 fully saturated rings. The highest BCUT2D eigenvalue weighted by Crippen LogP contribution is 2.28. The SMILES string of the molecule is COC1CCC(NS(=O)(=O)c2cc(C(=O)O)sc2C)C1. The number of methoxy groups -OCH3 is 1. The number of carboxylic acid groups (broad SMARTS) is 1. The van der Waals surface area contributed by atoms with Crippen molar-refractivity contribution in [2.24, 2.45) is 0 Å². The van der Waals surface area contributed by atoms with Gasteiger partial charge >= 0.3 is 5.97 Å². The summed E-state index contributed by atoms with van der Waals surface area (Å²) < 4.78 is 32.4. The summed E-state index contributed by atoms with van der Waals surface area (Å²) in [5.74, 6) is -1.11. The topological polar surface area (TPSA) is 92.7 Å². The number of carbonyl (C=O) groups is 1. The molecule has 1 heterocycles. The smallest absolute Gasteiger partial charge is 0.345 e. The van der Waals surface area contributed by atoms with E-state index in [0.29, 0.717) is 11.3 Å². The molecule has 0 saturated heterocycles. The molecule has 1 aromatic rings. The Morgan fingerprint density at radius 1 is 1.50 bits per heavy atom. The maximum Gasteiger partial charge on any atom is 0.345 e. The van der Waals surface area contributed by atoms with Crippen LogP contribution in [0.1, 0.15) is 33.8 Å². The van der Waals surface area contributed by atoms with Gasteiger partial charge in [0.1, 0.15) is 4.88 Å². The number of nitrogens with one attached hydrogen (secondary N) is 1. The van der Waals surface area contributed by atoms with E-state index in [0.717, 1.165) is 24.2 Å². The molecule has 112 valence electrons. The van der Waals surface area contributed by atoms with E-state index in [-0.39, 0.29) is 21.9 Å². The van der Waals surface area contributed by atoms with Crippen LogP contribution in [0.4, 0.5) is 0 Å². The summed E-state index contributed by atoms with van der Waals surface area (Å²) in [7, 11) is -2.06. The first-order valence-corrected chi connectivity index (χ1v) is 8.52. The molecule has 20 heavy (non-hydrogen) atoms. The lowest BCUT2D eigenvalue weighted by Gasteiger charge is -2.13. The van der Waals surface area contributed by atoms with Crippen molar-refractivity contribution in [3.05, 3.63) is 15.8 Å². The van der Waals surface area contributed by atoms with Crippen LogP contribution < -0.4 is 4.72 Å². The van der Waals surface area contributed by atoms with Crippen LogP contribution in [-0.4, -0.2) is 38.7 Å². The second-order valence-electron chi connectivity index (χ2n) is 4.83. The molecule has 0 radical (unpaired) electrons. The van der Waals surface area contributed by atoms with Gasteiger partial charge in [0.2, 0.25) is 10.0 Å². The van der Waals surface area contributed by atoms with Gasteiger partial charge in [0.15, 0.2) is 0 Å². The standard InChI is InChI=1S/C12H17NO5S2/c1-7-11(6-10(19-7)12(14)15)20(16,17)13-8-3-4-9(5-8)18-2/h6,8-9,13H,3-5H2,1-2H3,(H,14,15). The van der Waals surface area contributed by atoms with E-state index in [4.69, 9.17) is 9.84 Å². The molecule has 0 aliphatic heterocycles. The summed E-state index contributed by atoms with van der Waals surface area (Å²) in [5.41, 5.74) is 0. The van der Waals surface area contributed by atoms with Crippen LogP contribution >= 0.6 is 11.3 Å². The number of hydrogen-bond donors (Lipinski definition) is 2. The minimum atomic E-state index is -3.68. The largest absolute Gasteiger partial charge is 0.477 e. The van der Waals surface area contributed by atoms with Crippen molar-refractivity contribution in [1.29, 1.82) is 0 Å². The number of thiophene rings is 1. The van der Waals surface area contributed by atoms with Crippen molar-refractivity contribution in [2.75, 3.05) is 7.11 Å². The zero-order valence-corrected chi connectivity index (χ0v) is 12.9. The second kappa shape index (κ2) is 5.80. The van der Waals surface area contributed by atoms with Crippen LogP contribution in [0.3, 0.4) is 0 Å². The Bertz CT molecular complexity index is 607. The van der Waals surface area contributed by atoms with Gasteiger partial charge < -0.3 is 9.84 Å². The summed E-state index contributed by atoms with van der Waals surface area (Å²) in [6, 6.07) is 1.06. The van der Waals surface area contributed by atoms with E-state index >= 15 is 0 Å². The van der Waals surface area contributed by atoms with Crippen molar-refractivity contribution < 1.29 is 23.1 Å². The molecule has 1 aliphatic carbocycles. The number of ether oxygens (including phenoxy) is 1. The third-order valence-corrected chi connectivity index (χ3v) is 6.23. The fourth-order valence-corrected chi connectivity index (χ4v) is 5.10. The molecule has 0 bridgehead atoms. The molecule has 6 nitrogen and oxygen atoms in total. The van der Waals surface area contributed by atoms with Gasteiger partial charge in [0, 0.05) is 18.0 Å². The molecular weight excluding hydrogens is 302 g/mol. The maximum atomic E-state index is 12.3. The highest BCUT2D eigenvalue weighted by molar-refractivity contribution is 7.89. The fraction of sp³-hybridized carbons (Fsp3) is 0.583. The van der Waals surface area contributed by atoms with Crippen LogP contribution in [0.5, 0.6) is 0 Å². The third-order valence-electron chi connectivity index (χ3n) is 3.41. The molecule has 1 saturated carbocycles. The first-order valence-electron chi connectivity index (χ1n) is 6.22. The van der Waals surface area contributed by atoms with E-state index in [1.807, 2.05) is 0 Å². The lowest BCUT2D eigenvalue weighted by Crippen LogP contribution is -2.33. The molecule has 1 aliphatic rings. The molecule has 2 N–H and O–H groups in total. The lowest BCUT2D eigenvalue weighted by molar-refractivity contribution is 0.0702. The molecule has 1 aromatic heterocycles. The Labute approximate surface area is 121 Å². The zero-order valence-electron chi connectivity index (χ0n) is 11.3. The van der Waals surface area contributed by atoms with Gasteiger partial charge in [-0.2, -0.15) is 0 Å². The minimum Gasteiger partial charge on any atom is -0.477 e. The summed E-state index contributed by atoms with van der Waals surface area (Å²) in [6.45, 7) is 1.61. The van der Waals surface area contributed by atoms with Crippen molar-refractivity contribution in [1.82, 2.24) is 4.72 Å².